The minimum atomic E-state index is -3.58. The van der Waals surface area contributed by atoms with Gasteiger partial charge in [0, 0.05) is 31.1 Å². The number of pyridine rings is 1. The van der Waals surface area contributed by atoms with E-state index in [-0.39, 0.29) is 23.8 Å². The summed E-state index contributed by atoms with van der Waals surface area (Å²) >= 11 is 0. The SMILES string of the molecule is O=C(CCNS(=O)(=O)c1ccccc1)NCCc1cccc2cccnc12. The van der Waals surface area contributed by atoms with Crippen LogP contribution in [0.5, 0.6) is 0 Å². The van der Waals surface area contributed by atoms with Crippen molar-refractivity contribution < 1.29 is 13.2 Å². The maximum absolute atomic E-state index is 12.1. The molecule has 2 N–H and O–H groups in total. The number of benzene rings is 2. The highest BCUT2D eigenvalue weighted by atomic mass is 32.2. The summed E-state index contributed by atoms with van der Waals surface area (Å²) < 4.78 is 26.6. The molecule has 3 aromatic rings. The minimum Gasteiger partial charge on any atom is -0.356 e. The van der Waals surface area contributed by atoms with Crippen molar-refractivity contribution in [1.29, 1.82) is 0 Å². The lowest BCUT2D eigenvalue weighted by molar-refractivity contribution is -0.120. The Morgan fingerprint density at radius 2 is 1.70 bits per heavy atom. The molecule has 6 nitrogen and oxygen atoms in total. The number of fused-ring (bicyclic) bond motifs is 1. The molecule has 7 heteroatoms. The van der Waals surface area contributed by atoms with Gasteiger partial charge in [0.25, 0.3) is 0 Å². The summed E-state index contributed by atoms with van der Waals surface area (Å²) in [4.78, 5) is 16.5. The van der Waals surface area contributed by atoms with Gasteiger partial charge in [0.05, 0.1) is 10.4 Å². The van der Waals surface area contributed by atoms with Crippen molar-refractivity contribution in [2.24, 2.45) is 0 Å². The van der Waals surface area contributed by atoms with Crippen molar-refractivity contribution in [3.05, 3.63) is 72.4 Å². The van der Waals surface area contributed by atoms with Crippen LogP contribution in [0.25, 0.3) is 10.9 Å². The van der Waals surface area contributed by atoms with E-state index in [1.165, 1.54) is 12.1 Å². The van der Waals surface area contributed by atoms with Crippen molar-refractivity contribution in [3.8, 4) is 0 Å². The molecule has 1 heterocycles. The van der Waals surface area contributed by atoms with Crippen LogP contribution in [-0.4, -0.2) is 32.4 Å². The van der Waals surface area contributed by atoms with Crippen LogP contribution < -0.4 is 10.0 Å². The van der Waals surface area contributed by atoms with Gasteiger partial charge in [-0.25, -0.2) is 13.1 Å². The van der Waals surface area contributed by atoms with E-state index in [4.69, 9.17) is 0 Å². The van der Waals surface area contributed by atoms with Crippen molar-refractivity contribution >= 4 is 26.8 Å². The molecule has 0 spiro atoms. The van der Waals surface area contributed by atoms with Crippen molar-refractivity contribution in [3.63, 3.8) is 0 Å². The highest BCUT2D eigenvalue weighted by Crippen LogP contribution is 2.16. The van der Waals surface area contributed by atoms with Gasteiger partial charge in [-0.15, -0.1) is 0 Å². The number of sulfonamides is 1. The molecule has 1 amide bonds. The summed E-state index contributed by atoms with van der Waals surface area (Å²) in [6.07, 6.45) is 2.50. The van der Waals surface area contributed by atoms with Crippen LogP contribution in [0.3, 0.4) is 0 Å². The molecular formula is C20H21N3O3S. The van der Waals surface area contributed by atoms with Gasteiger partial charge in [-0.3, -0.25) is 9.78 Å². The highest BCUT2D eigenvalue weighted by Gasteiger charge is 2.13. The van der Waals surface area contributed by atoms with Gasteiger partial charge in [-0.2, -0.15) is 0 Å². The first-order chi connectivity index (χ1) is 13.1. The topological polar surface area (TPSA) is 88.2 Å². The molecule has 0 aliphatic rings. The Morgan fingerprint density at radius 3 is 2.52 bits per heavy atom. The summed E-state index contributed by atoms with van der Waals surface area (Å²) in [7, 11) is -3.58. The lowest BCUT2D eigenvalue weighted by Crippen LogP contribution is -2.31. The molecule has 3 rings (SSSR count). The molecule has 2 aromatic carbocycles. The molecule has 0 bridgehead atoms. The quantitative estimate of drug-likeness (QED) is 0.625. The molecule has 140 valence electrons. The Kier molecular flexibility index (Phi) is 6.16. The van der Waals surface area contributed by atoms with E-state index in [1.54, 1.807) is 24.4 Å². The average Bonchev–Trinajstić information content (AvgIpc) is 2.69. The number of carbonyl (C=O) groups excluding carboxylic acids is 1. The maximum Gasteiger partial charge on any atom is 0.240 e. The Bertz CT molecular complexity index is 1020. The standard InChI is InChI=1S/C20H21N3O3S/c24-19(12-15-23-27(25,26)18-9-2-1-3-10-18)21-14-11-17-7-4-6-16-8-5-13-22-20(16)17/h1-10,13,23H,11-12,14-15H2,(H,21,24). The van der Waals surface area contributed by atoms with E-state index in [9.17, 15) is 13.2 Å². The second-order valence-corrected chi connectivity index (χ2v) is 7.82. The summed E-state index contributed by atoms with van der Waals surface area (Å²) in [5, 5.41) is 3.89. The lowest BCUT2D eigenvalue weighted by Gasteiger charge is -2.09. The van der Waals surface area contributed by atoms with Crippen molar-refractivity contribution in [1.82, 2.24) is 15.0 Å². The Balaban J connectivity index is 1.45. The molecule has 27 heavy (non-hydrogen) atoms. The van der Waals surface area contributed by atoms with Crippen LogP contribution in [0.2, 0.25) is 0 Å². The number of amides is 1. The van der Waals surface area contributed by atoms with Gasteiger partial charge >= 0.3 is 0 Å². The Hall–Kier alpha value is -2.77. The number of nitrogens with zero attached hydrogens (tertiary/aromatic N) is 1. The van der Waals surface area contributed by atoms with Crippen LogP contribution >= 0.6 is 0 Å². The van der Waals surface area contributed by atoms with E-state index in [0.29, 0.717) is 13.0 Å². The van der Waals surface area contributed by atoms with E-state index in [2.05, 4.69) is 15.0 Å². The zero-order valence-corrected chi connectivity index (χ0v) is 15.6. The third-order valence-electron chi connectivity index (χ3n) is 4.13. The number of para-hydroxylation sites is 1. The summed E-state index contributed by atoms with van der Waals surface area (Å²) in [6, 6.07) is 18.0. The molecule has 0 radical (unpaired) electrons. The first-order valence-electron chi connectivity index (χ1n) is 8.70. The molecule has 0 unspecified atom stereocenters. The summed E-state index contributed by atoms with van der Waals surface area (Å²) in [5.74, 6) is -0.195. The van der Waals surface area contributed by atoms with E-state index in [0.717, 1.165) is 16.5 Å². The fraction of sp³-hybridized carbons (Fsp3) is 0.200. The number of aromatic nitrogens is 1. The number of nitrogens with one attached hydrogen (secondary N) is 2. The van der Waals surface area contributed by atoms with Gasteiger partial charge in [-0.05, 0) is 30.2 Å². The fourth-order valence-corrected chi connectivity index (χ4v) is 3.83. The van der Waals surface area contributed by atoms with Gasteiger partial charge in [0.15, 0.2) is 0 Å². The minimum absolute atomic E-state index is 0.0544. The van der Waals surface area contributed by atoms with E-state index >= 15 is 0 Å². The first-order valence-corrected chi connectivity index (χ1v) is 10.2. The molecule has 0 fully saturated rings. The fourth-order valence-electron chi connectivity index (χ4n) is 2.78. The van der Waals surface area contributed by atoms with Crippen LogP contribution in [0.15, 0.2) is 71.8 Å². The smallest absolute Gasteiger partial charge is 0.240 e. The van der Waals surface area contributed by atoms with Crippen molar-refractivity contribution in [2.45, 2.75) is 17.7 Å². The van der Waals surface area contributed by atoms with Gasteiger partial charge in [0.1, 0.15) is 0 Å². The van der Waals surface area contributed by atoms with Gasteiger partial charge in [-0.1, -0.05) is 42.5 Å². The molecule has 0 aliphatic carbocycles. The molecule has 0 atom stereocenters. The molecule has 0 saturated heterocycles. The van der Waals surface area contributed by atoms with E-state index < -0.39 is 10.0 Å². The summed E-state index contributed by atoms with van der Waals surface area (Å²) in [6.45, 7) is 0.527. The van der Waals surface area contributed by atoms with Crippen LogP contribution in [0.1, 0.15) is 12.0 Å². The zero-order chi connectivity index (χ0) is 19.1. The predicted octanol–water partition coefficient (Wildman–Crippen LogP) is 2.26. The highest BCUT2D eigenvalue weighted by molar-refractivity contribution is 7.89. The second kappa shape index (κ2) is 8.75. The van der Waals surface area contributed by atoms with Crippen LogP contribution in [0.4, 0.5) is 0 Å². The Morgan fingerprint density at radius 1 is 0.926 bits per heavy atom. The number of hydrogen-bond acceptors (Lipinski definition) is 4. The summed E-state index contributed by atoms with van der Waals surface area (Å²) in [5.41, 5.74) is 2.00. The maximum atomic E-state index is 12.1. The number of hydrogen-bond donors (Lipinski definition) is 2. The predicted molar refractivity (Wildman–Crippen MR) is 105 cm³/mol. The van der Waals surface area contributed by atoms with Gasteiger partial charge in [0.2, 0.25) is 15.9 Å². The molecule has 1 aromatic heterocycles. The monoisotopic (exact) mass is 383 g/mol. The second-order valence-electron chi connectivity index (χ2n) is 6.05. The molecule has 0 aliphatic heterocycles. The van der Waals surface area contributed by atoms with Crippen molar-refractivity contribution in [2.75, 3.05) is 13.1 Å². The lowest BCUT2D eigenvalue weighted by atomic mass is 10.1. The van der Waals surface area contributed by atoms with Crippen LogP contribution in [0, 0.1) is 0 Å². The number of carbonyl (C=O) groups is 1. The Labute approximate surface area is 158 Å². The van der Waals surface area contributed by atoms with Crippen LogP contribution in [-0.2, 0) is 21.2 Å². The normalized spacial score (nSPS) is 11.4. The van der Waals surface area contributed by atoms with E-state index in [1.807, 2.05) is 30.3 Å². The molecule has 0 saturated carbocycles. The average molecular weight is 383 g/mol. The third kappa shape index (κ3) is 5.12. The molecular weight excluding hydrogens is 362 g/mol. The number of rotatable bonds is 8. The first kappa shape index (κ1) is 19.0. The zero-order valence-electron chi connectivity index (χ0n) is 14.8. The van der Waals surface area contributed by atoms with Gasteiger partial charge < -0.3 is 5.32 Å². The largest absolute Gasteiger partial charge is 0.356 e. The third-order valence-corrected chi connectivity index (χ3v) is 5.61.